The van der Waals surface area contributed by atoms with Gasteiger partial charge in [-0.05, 0) is 36.4 Å². The minimum atomic E-state index is -4.41. The fourth-order valence-electron chi connectivity index (χ4n) is 3.01. The molecular formula is C21H15ClF3N5O2. The molecule has 0 radical (unpaired) electrons. The van der Waals surface area contributed by atoms with E-state index in [0.29, 0.717) is 39.2 Å². The van der Waals surface area contributed by atoms with Gasteiger partial charge in [0, 0.05) is 34.4 Å². The maximum atomic E-state index is 12.8. The zero-order valence-corrected chi connectivity index (χ0v) is 16.9. The molecule has 11 heteroatoms. The Morgan fingerprint density at radius 1 is 1.03 bits per heavy atom. The highest BCUT2D eigenvalue weighted by Crippen LogP contribution is 2.32. The zero-order valence-electron chi connectivity index (χ0n) is 16.2. The van der Waals surface area contributed by atoms with E-state index in [1.807, 2.05) is 0 Å². The molecule has 3 N–H and O–H groups in total. The number of benzene rings is 1. The first-order chi connectivity index (χ1) is 15.3. The zero-order chi connectivity index (χ0) is 22.9. The van der Waals surface area contributed by atoms with E-state index in [-0.39, 0.29) is 5.02 Å². The molecule has 1 atom stereocenters. The highest BCUT2D eigenvalue weighted by molar-refractivity contribution is 6.33. The monoisotopic (exact) mass is 461 g/mol. The second kappa shape index (κ2) is 8.65. The molecule has 0 saturated heterocycles. The molecule has 0 amide bonds. The number of hydrogen-bond donors (Lipinski definition) is 3. The van der Waals surface area contributed by atoms with E-state index in [9.17, 15) is 18.3 Å². The molecule has 1 aromatic carbocycles. The smallest absolute Gasteiger partial charge is 0.393 e. The molecule has 7 nitrogen and oxygen atoms in total. The highest BCUT2D eigenvalue weighted by Gasteiger charge is 2.30. The lowest BCUT2D eigenvalue weighted by Gasteiger charge is -2.11. The van der Waals surface area contributed by atoms with E-state index in [2.05, 4.69) is 25.5 Å². The third-order valence-corrected chi connectivity index (χ3v) is 4.97. The molecule has 0 saturated carbocycles. The summed E-state index contributed by atoms with van der Waals surface area (Å²) in [5.41, 5.74) is 0.848. The van der Waals surface area contributed by atoms with E-state index in [1.54, 1.807) is 6.07 Å². The second-order valence-corrected chi connectivity index (χ2v) is 7.25. The summed E-state index contributed by atoms with van der Waals surface area (Å²) in [5, 5.41) is 31.2. The maximum Gasteiger partial charge on any atom is 0.416 e. The summed E-state index contributed by atoms with van der Waals surface area (Å²) in [5.74, 6) is 0.321. The first kappa shape index (κ1) is 21.9. The molecule has 4 aromatic rings. The van der Waals surface area contributed by atoms with Crippen molar-refractivity contribution in [2.24, 2.45) is 0 Å². The van der Waals surface area contributed by atoms with Crippen LogP contribution in [0.1, 0.15) is 17.2 Å². The number of fused-ring (bicyclic) bond motifs is 1. The lowest BCUT2D eigenvalue weighted by molar-refractivity contribution is -0.137. The Kier molecular flexibility index (Phi) is 5.92. The summed E-state index contributed by atoms with van der Waals surface area (Å²) in [6.45, 7) is -0.459. The number of aliphatic hydroxyl groups is 2. The summed E-state index contributed by atoms with van der Waals surface area (Å²) in [7, 11) is 0. The number of pyridine rings is 2. The van der Waals surface area contributed by atoms with Crippen molar-refractivity contribution in [3.8, 4) is 11.4 Å². The lowest BCUT2D eigenvalue weighted by atomic mass is 10.1. The van der Waals surface area contributed by atoms with Crippen LogP contribution in [0.5, 0.6) is 0 Å². The van der Waals surface area contributed by atoms with Crippen LogP contribution in [0, 0.1) is 0 Å². The van der Waals surface area contributed by atoms with Gasteiger partial charge in [0.15, 0.2) is 5.82 Å². The summed E-state index contributed by atoms with van der Waals surface area (Å²) in [4.78, 5) is 8.60. The van der Waals surface area contributed by atoms with E-state index in [0.717, 1.165) is 12.1 Å². The summed E-state index contributed by atoms with van der Waals surface area (Å²) >= 11 is 6.28. The number of aromatic nitrogens is 4. The number of anilines is 2. The largest absolute Gasteiger partial charge is 0.416 e. The fourth-order valence-corrected chi connectivity index (χ4v) is 3.28. The average molecular weight is 462 g/mol. The molecule has 32 heavy (non-hydrogen) atoms. The van der Waals surface area contributed by atoms with Crippen LogP contribution in [0.15, 0.2) is 55.0 Å². The van der Waals surface area contributed by atoms with Gasteiger partial charge in [0.05, 0.1) is 29.1 Å². The molecule has 0 bridgehead atoms. The minimum Gasteiger partial charge on any atom is -0.393 e. The van der Waals surface area contributed by atoms with Crippen molar-refractivity contribution in [3.63, 3.8) is 0 Å². The fraction of sp³-hybridized carbons (Fsp3) is 0.143. The standard InChI is InChI=1S/C21H15ClF3N5O2/c22-16-5-12(18(32)10-31)7-27-19(16)17-6-11-8-28-30-20(15(11)9-26-17)29-14-3-1-13(2-4-14)21(23,24)25/h1-9,18,31-32H,10H2,(H,29,30). The molecule has 1 unspecified atom stereocenters. The van der Waals surface area contributed by atoms with E-state index < -0.39 is 24.5 Å². The first-order valence-electron chi connectivity index (χ1n) is 9.26. The Hall–Kier alpha value is -3.34. The highest BCUT2D eigenvalue weighted by atomic mass is 35.5. The van der Waals surface area contributed by atoms with Crippen molar-refractivity contribution in [1.82, 2.24) is 20.2 Å². The molecule has 0 fully saturated rings. The Morgan fingerprint density at radius 2 is 1.78 bits per heavy atom. The number of nitrogens with zero attached hydrogens (tertiary/aromatic N) is 4. The van der Waals surface area contributed by atoms with Gasteiger partial charge in [-0.15, -0.1) is 5.10 Å². The SMILES string of the molecule is OCC(O)c1cnc(-c2cc3cnnc(Nc4ccc(C(F)(F)F)cc4)c3cn2)c(Cl)c1. The van der Waals surface area contributed by atoms with Crippen LogP contribution in [0.25, 0.3) is 22.2 Å². The molecular weight excluding hydrogens is 447 g/mol. The first-order valence-corrected chi connectivity index (χ1v) is 9.64. The van der Waals surface area contributed by atoms with Crippen molar-refractivity contribution in [2.45, 2.75) is 12.3 Å². The Balaban J connectivity index is 1.64. The van der Waals surface area contributed by atoms with Gasteiger partial charge in [0.2, 0.25) is 0 Å². The Morgan fingerprint density at radius 3 is 2.44 bits per heavy atom. The number of hydrogen-bond acceptors (Lipinski definition) is 7. The van der Waals surface area contributed by atoms with Crippen molar-refractivity contribution < 1.29 is 23.4 Å². The van der Waals surface area contributed by atoms with E-state index >= 15 is 0 Å². The summed E-state index contributed by atoms with van der Waals surface area (Å²) in [6.07, 6.45) is -1.07. The van der Waals surface area contributed by atoms with Crippen molar-refractivity contribution >= 4 is 33.9 Å². The molecule has 3 heterocycles. The van der Waals surface area contributed by atoms with E-state index in [4.69, 9.17) is 16.7 Å². The van der Waals surface area contributed by atoms with Gasteiger partial charge in [-0.1, -0.05) is 11.6 Å². The van der Waals surface area contributed by atoms with E-state index in [1.165, 1.54) is 36.8 Å². The van der Waals surface area contributed by atoms with Crippen LogP contribution in [0.3, 0.4) is 0 Å². The van der Waals surface area contributed by atoms with Gasteiger partial charge in [-0.2, -0.15) is 18.3 Å². The maximum absolute atomic E-state index is 12.8. The van der Waals surface area contributed by atoms with Crippen LogP contribution in [-0.4, -0.2) is 37.0 Å². The Bertz CT molecular complexity index is 1270. The quantitative estimate of drug-likeness (QED) is 0.401. The van der Waals surface area contributed by atoms with Gasteiger partial charge in [-0.3, -0.25) is 9.97 Å². The number of rotatable bonds is 5. The van der Waals surface area contributed by atoms with Gasteiger partial charge in [0.25, 0.3) is 0 Å². The van der Waals surface area contributed by atoms with Crippen molar-refractivity contribution in [1.29, 1.82) is 0 Å². The third kappa shape index (κ3) is 4.47. The van der Waals surface area contributed by atoms with Gasteiger partial charge >= 0.3 is 6.18 Å². The number of alkyl halides is 3. The number of halogens is 4. The predicted octanol–water partition coefficient (Wildman–Crippen LogP) is 4.53. The summed E-state index contributed by atoms with van der Waals surface area (Å²) < 4.78 is 38.3. The normalized spacial score (nSPS) is 12.7. The topological polar surface area (TPSA) is 104 Å². The molecule has 0 aliphatic carbocycles. The molecule has 0 aliphatic rings. The molecule has 0 aliphatic heterocycles. The summed E-state index contributed by atoms with van der Waals surface area (Å²) in [6, 6.07) is 7.75. The van der Waals surface area contributed by atoms with Crippen LogP contribution < -0.4 is 5.32 Å². The van der Waals surface area contributed by atoms with Gasteiger partial charge < -0.3 is 15.5 Å². The second-order valence-electron chi connectivity index (χ2n) is 6.85. The minimum absolute atomic E-state index is 0.243. The predicted molar refractivity (Wildman–Crippen MR) is 112 cm³/mol. The average Bonchev–Trinajstić information content (AvgIpc) is 2.78. The Labute approximate surface area is 184 Å². The molecule has 3 aromatic heterocycles. The van der Waals surface area contributed by atoms with Crippen LogP contribution in [0.4, 0.5) is 24.7 Å². The van der Waals surface area contributed by atoms with Crippen molar-refractivity contribution in [3.05, 3.63) is 71.1 Å². The molecule has 164 valence electrons. The van der Waals surface area contributed by atoms with Gasteiger partial charge in [0.1, 0.15) is 11.8 Å². The molecule has 4 rings (SSSR count). The third-order valence-electron chi connectivity index (χ3n) is 4.68. The van der Waals surface area contributed by atoms with Crippen LogP contribution in [0.2, 0.25) is 5.02 Å². The number of aliphatic hydroxyl groups excluding tert-OH is 2. The van der Waals surface area contributed by atoms with Crippen LogP contribution in [-0.2, 0) is 6.18 Å². The molecule has 0 spiro atoms. The lowest BCUT2D eigenvalue weighted by Crippen LogP contribution is -2.05. The van der Waals surface area contributed by atoms with Gasteiger partial charge in [-0.25, -0.2) is 0 Å². The van der Waals surface area contributed by atoms with Crippen molar-refractivity contribution in [2.75, 3.05) is 11.9 Å². The number of nitrogens with one attached hydrogen (secondary N) is 1. The van der Waals surface area contributed by atoms with Crippen LogP contribution >= 0.6 is 11.6 Å².